The molecule has 0 aromatic heterocycles. The van der Waals surface area contributed by atoms with E-state index in [1.165, 1.54) is 6.08 Å². The number of hydrogen-bond donors (Lipinski definition) is 1. The molecule has 0 heterocycles. The number of ether oxygens (including phenoxy) is 2. The molecule has 0 saturated carbocycles. The molecule has 5 nitrogen and oxygen atoms in total. The molecule has 2 aromatic carbocycles. The van der Waals surface area contributed by atoms with Crippen molar-refractivity contribution in [3.63, 3.8) is 0 Å². The number of methoxy groups -OCH3 is 1. The second-order valence-corrected chi connectivity index (χ2v) is 5.67. The van der Waals surface area contributed by atoms with Gasteiger partial charge in [0.05, 0.1) is 22.8 Å². The summed E-state index contributed by atoms with van der Waals surface area (Å²) in [6.45, 7) is -0.451. The van der Waals surface area contributed by atoms with E-state index in [2.05, 4.69) is 5.32 Å². The summed E-state index contributed by atoms with van der Waals surface area (Å²) in [6, 6.07) is 11.9. The van der Waals surface area contributed by atoms with Crippen LogP contribution in [0.15, 0.2) is 48.5 Å². The molecule has 0 unspecified atom stereocenters. The molecule has 2 rings (SSSR count). The van der Waals surface area contributed by atoms with Crippen LogP contribution in [-0.4, -0.2) is 25.6 Å². The Morgan fingerprint density at radius 2 is 1.72 bits per heavy atom. The van der Waals surface area contributed by atoms with Crippen LogP contribution in [0.1, 0.15) is 5.56 Å². The van der Waals surface area contributed by atoms with Gasteiger partial charge in [-0.15, -0.1) is 0 Å². The summed E-state index contributed by atoms with van der Waals surface area (Å²) >= 11 is 11.9. The van der Waals surface area contributed by atoms with Crippen molar-refractivity contribution in [2.45, 2.75) is 0 Å². The van der Waals surface area contributed by atoms with Crippen molar-refractivity contribution in [2.24, 2.45) is 0 Å². The molecule has 0 fully saturated rings. The Balaban J connectivity index is 1.84. The highest BCUT2D eigenvalue weighted by molar-refractivity contribution is 6.39. The van der Waals surface area contributed by atoms with E-state index in [1.807, 2.05) is 0 Å². The third kappa shape index (κ3) is 5.81. The lowest BCUT2D eigenvalue weighted by molar-refractivity contribution is -0.142. The maximum Gasteiger partial charge on any atom is 0.331 e. The average Bonchev–Trinajstić information content (AvgIpc) is 2.62. The van der Waals surface area contributed by atoms with Crippen molar-refractivity contribution in [3.8, 4) is 5.75 Å². The van der Waals surface area contributed by atoms with E-state index in [0.29, 0.717) is 10.0 Å². The minimum Gasteiger partial charge on any atom is -0.497 e. The van der Waals surface area contributed by atoms with Crippen molar-refractivity contribution in [1.29, 1.82) is 0 Å². The molecular weight excluding hydrogens is 365 g/mol. The van der Waals surface area contributed by atoms with Gasteiger partial charge in [0.25, 0.3) is 5.91 Å². The van der Waals surface area contributed by atoms with Gasteiger partial charge in [0.15, 0.2) is 6.61 Å². The Hall–Kier alpha value is -2.50. The van der Waals surface area contributed by atoms with Crippen LogP contribution in [0.5, 0.6) is 5.75 Å². The maximum absolute atomic E-state index is 11.8. The number of anilines is 1. The second kappa shape index (κ2) is 9.11. The van der Waals surface area contributed by atoms with Crippen molar-refractivity contribution in [2.75, 3.05) is 19.0 Å². The number of carbonyl (C=O) groups is 2. The van der Waals surface area contributed by atoms with Crippen LogP contribution in [0.2, 0.25) is 10.0 Å². The summed E-state index contributed by atoms with van der Waals surface area (Å²) in [4.78, 5) is 23.5. The zero-order chi connectivity index (χ0) is 18.2. The lowest BCUT2D eigenvalue weighted by Gasteiger charge is -2.08. The number of para-hydroxylation sites is 1. The van der Waals surface area contributed by atoms with Crippen LogP contribution >= 0.6 is 23.2 Å². The van der Waals surface area contributed by atoms with E-state index in [-0.39, 0.29) is 5.69 Å². The van der Waals surface area contributed by atoms with Gasteiger partial charge in [-0.1, -0.05) is 41.4 Å². The van der Waals surface area contributed by atoms with Gasteiger partial charge in [0.1, 0.15) is 5.75 Å². The maximum atomic E-state index is 11.8. The number of rotatable bonds is 6. The van der Waals surface area contributed by atoms with Crippen LogP contribution < -0.4 is 10.1 Å². The van der Waals surface area contributed by atoms with Crippen molar-refractivity contribution in [1.82, 2.24) is 0 Å². The van der Waals surface area contributed by atoms with E-state index in [9.17, 15) is 9.59 Å². The van der Waals surface area contributed by atoms with Gasteiger partial charge in [0, 0.05) is 6.08 Å². The third-order valence-corrected chi connectivity index (χ3v) is 3.73. The Kier molecular flexibility index (Phi) is 6.86. The topological polar surface area (TPSA) is 64.6 Å². The van der Waals surface area contributed by atoms with E-state index in [4.69, 9.17) is 32.7 Å². The number of amides is 1. The van der Waals surface area contributed by atoms with Crippen LogP contribution in [0.4, 0.5) is 5.69 Å². The SMILES string of the molecule is COc1ccc(/C=C/C(=O)OCC(=O)Nc2c(Cl)cccc2Cl)cc1. The molecule has 0 aliphatic carbocycles. The molecule has 2 aromatic rings. The van der Waals surface area contributed by atoms with Gasteiger partial charge >= 0.3 is 5.97 Å². The summed E-state index contributed by atoms with van der Waals surface area (Å²) in [6.07, 6.45) is 2.81. The summed E-state index contributed by atoms with van der Waals surface area (Å²) in [5.41, 5.74) is 1.07. The number of hydrogen-bond acceptors (Lipinski definition) is 4. The Bertz CT molecular complexity index is 768. The second-order valence-electron chi connectivity index (χ2n) is 4.86. The van der Waals surface area contributed by atoms with Gasteiger partial charge in [-0.3, -0.25) is 4.79 Å². The Morgan fingerprint density at radius 3 is 2.32 bits per heavy atom. The molecule has 0 radical (unpaired) electrons. The lowest BCUT2D eigenvalue weighted by Crippen LogP contribution is -2.20. The normalized spacial score (nSPS) is 10.5. The molecule has 0 aliphatic rings. The first-order valence-electron chi connectivity index (χ1n) is 7.22. The van der Waals surface area contributed by atoms with E-state index in [1.54, 1.807) is 55.7 Å². The first-order chi connectivity index (χ1) is 12.0. The number of halogens is 2. The molecule has 0 atom stereocenters. The molecule has 1 amide bonds. The number of nitrogens with one attached hydrogen (secondary N) is 1. The van der Waals surface area contributed by atoms with Crippen molar-refractivity contribution >= 4 is 46.8 Å². The molecular formula is C18H15Cl2NO4. The predicted molar refractivity (Wildman–Crippen MR) is 98.1 cm³/mol. The van der Waals surface area contributed by atoms with Gasteiger partial charge < -0.3 is 14.8 Å². The predicted octanol–water partition coefficient (Wildman–Crippen LogP) is 4.20. The monoisotopic (exact) mass is 379 g/mol. The zero-order valence-electron chi connectivity index (χ0n) is 13.3. The molecule has 0 bridgehead atoms. The summed E-state index contributed by atoms with van der Waals surface area (Å²) in [7, 11) is 1.57. The molecule has 7 heteroatoms. The summed E-state index contributed by atoms with van der Waals surface area (Å²) < 4.78 is 9.92. The van der Waals surface area contributed by atoms with Crippen LogP contribution in [-0.2, 0) is 14.3 Å². The van der Waals surface area contributed by atoms with E-state index in [0.717, 1.165) is 11.3 Å². The Labute approximate surface area is 155 Å². The molecule has 1 N–H and O–H groups in total. The fraction of sp³-hybridized carbons (Fsp3) is 0.111. The summed E-state index contributed by atoms with van der Waals surface area (Å²) in [5.74, 6) is -0.466. The fourth-order valence-corrected chi connectivity index (χ4v) is 2.35. The minimum atomic E-state index is -0.642. The highest BCUT2D eigenvalue weighted by Gasteiger charge is 2.11. The quantitative estimate of drug-likeness (QED) is 0.603. The molecule has 0 spiro atoms. The molecule has 25 heavy (non-hydrogen) atoms. The van der Waals surface area contributed by atoms with Gasteiger partial charge in [-0.2, -0.15) is 0 Å². The third-order valence-electron chi connectivity index (χ3n) is 3.10. The van der Waals surface area contributed by atoms with Crippen molar-refractivity contribution < 1.29 is 19.1 Å². The molecule has 130 valence electrons. The Morgan fingerprint density at radius 1 is 1.08 bits per heavy atom. The molecule has 0 saturated heterocycles. The smallest absolute Gasteiger partial charge is 0.331 e. The standard InChI is InChI=1S/C18H15Cl2NO4/c1-24-13-8-5-12(6-9-13)7-10-17(23)25-11-16(22)21-18-14(19)3-2-4-15(18)20/h2-10H,11H2,1H3,(H,21,22)/b10-7+. The van der Waals surface area contributed by atoms with Crippen LogP contribution in [0.3, 0.4) is 0 Å². The largest absolute Gasteiger partial charge is 0.497 e. The first kappa shape index (κ1) is 18.8. The highest BCUT2D eigenvalue weighted by Crippen LogP contribution is 2.29. The van der Waals surface area contributed by atoms with E-state index < -0.39 is 18.5 Å². The number of esters is 1. The van der Waals surface area contributed by atoms with Gasteiger partial charge in [0.2, 0.25) is 0 Å². The van der Waals surface area contributed by atoms with Gasteiger partial charge in [-0.05, 0) is 35.9 Å². The molecule has 0 aliphatic heterocycles. The average molecular weight is 380 g/mol. The summed E-state index contributed by atoms with van der Waals surface area (Å²) in [5, 5.41) is 3.10. The van der Waals surface area contributed by atoms with Crippen LogP contribution in [0.25, 0.3) is 6.08 Å². The fourth-order valence-electron chi connectivity index (χ4n) is 1.86. The minimum absolute atomic E-state index is 0.278. The number of carbonyl (C=O) groups excluding carboxylic acids is 2. The van der Waals surface area contributed by atoms with Crippen LogP contribution in [0, 0.1) is 0 Å². The van der Waals surface area contributed by atoms with Gasteiger partial charge in [-0.25, -0.2) is 4.79 Å². The number of benzene rings is 2. The lowest BCUT2D eigenvalue weighted by atomic mass is 10.2. The zero-order valence-corrected chi connectivity index (χ0v) is 14.8. The van der Waals surface area contributed by atoms with E-state index >= 15 is 0 Å². The van der Waals surface area contributed by atoms with Crippen molar-refractivity contribution in [3.05, 3.63) is 64.1 Å². The highest BCUT2D eigenvalue weighted by atomic mass is 35.5. The first-order valence-corrected chi connectivity index (χ1v) is 7.98.